The fraction of sp³-hybridized carbons (Fsp3) is 0.500. The molecule has 1 heterocycles. The topological polar surface area (TPSA) is 57.4 Å². The molecule has 0 aliphatic heterocycles. The Morgan fingerprint density at radius 2 is 2.07 bits per heavy atom. The lowest BCUT2D eigenvalue weighted by Crippen LogP contribution is -2.10. The van der Waals surface area contributed by atoms with E-state index in [1.165, 1.54) is 0 Å². The zero-order valence-electron chi connectivity index (χ0n) is 8.78. The van der Waals surface area contributed by atoms with Crippen LogP contribution in [0.25, 0.3) is 0 Å². The third-order valence-corrected chi connectivity index (χ3v) is 2.12. The second-order valence-electron chi connectivity index (χ2n) is 3.08. The lowest BCUT2D eigenvalue weighted by molar-refractivity contribution is 0.341. The molecule has 1 atom stereocenters. The van der Waals surface area contributed by atoms with Crippen LogP contribution in [0.3, 0.4) is 0 Å². The quantitative estimate of drug-likeness (QED) is 0.785. The largest absolute Gasteiger partial charge is 0.491 e. The zero-order chi connectivity index (χ0) is 10.6. The maximum absolute atomic E-state index is 5.55. The van der Waals surface area contributed by atoms with Crippen LogP contribution in [0.1, 0.15) is 18.5 Å². The van der Waals surface area contributed by atoms with Crippen LogP contribution in [0.2, 0.25) is 0 Å². The van der Waals surface area contributed by atoms with E-state index in [1.807, 2.05) is 19.1 Å². The molecule has 1 aromatic heterocycles. The van der Waals surface area contributed by atoms with Gasteiger partial charge in [-0.15, -0.1) is 0 Å². The third-order valence-electron chi connectivity index (χ3n) is 2.12. The van der Waals surface area contributed by atoms with Gasteiger partial charge < -0.3 is 15.2 Å². The van der Waals surface area contributed by atoms with Crippen molar-refractivity contribution in [3.63, 3.8) is 0 Å². The molecule has 1 rings (SSSR count). The molecule has 0 saturated heterocycles. The fourth-order valence-corrected chi connectivity index (χ4v) is 1.14. The molecule has 0 bridgehead atoms. The van der Waals surface area contributed by atoms with E-state index in [9.17, 15) is 0 Å². The van der Waals surface area contributed by atoms with Crippen LogP contribution in [0.5, 0.6) is 11.6 Å². The molecule has 78 valence electrons. The van der Waals surface area contributed by atoms with Gasteiger partial charge >= 0.3 is 0 Å². The SMILES string of the molecule is COc1ccc(C(C)CN)nc1OC. The van der Waals surface area contributed by atoms with Crippen LogP contribution in [-0.2, 0) is 0 Å². The van der Waals surface area contributed by atoms with Gasteiger partial charge in [-0.05, 0) is 12.1 Å². The predicted molar refractivity (Wildman–Crippen MR) is 54.8 cm³/mol. The van der Waals surface area contributed by atoms with Crippen molar-refractivity contribution in [1.29, 1.82) is 0 Å². The van der Waals surface area contributed by atoms with Gasteiger partial charge in [0.2, 0.25) is 0 Å². The van der Waals surface area contributed by atoms with Crippen molar-refractivity contribution in [2.75, 3.05) is 20.8 Å². The summed E-state index contributed by atoms with van der Waals surface area (Å²) in [5.74, 6) is 1.38. The molecular weight excluding hydrogens is 180 g/mol. The molecule has 4 nitrogen and oxygen atoms in total. The first-order chi connectivity index (χ1) is 6.72. The summed E-state index contributed by atoms with van der Waals surface area (Å²) in [5.41, 5.74) is 6.48. The molecule has 0 aliphatic rings. The Morgan fingerprint density at radius 1 is 1.36 bits per heavy atom. The molecule has 0 radical (unpaired) electrons. The van der Waals surface area contributed by atoms with E-state index in [-0.39, 0.29) is 5.92 Å². The van der Waals surface area contributed by atoms with Crippen molar-refractivity contribution in [1.82, 2.24) is 4.98 Å². The molecule has 0 aliphatic carbocycles. The van der Waals surface area contributed by atoms with Crippen molar-refractivity contribution >= 4 is 0 Å². The van der Waals surface area contributed by atoms with E-state index in [0.717, 1.165) is 5.69 Å². The monoisotopic (exact) mass is 196 g/mol. The van der Waals surface area contributed by atoms with Gasteiger partial charge in [0, 0.05) is 18.2 Å². The average molecular weight is 196 g/mol. The van der Waals surface area contributed by atoms with Gasteiger partial charge in [0.15, 0.2) is 5.75 Å². The Bertz CT molecular complexity index is 302. The summed E-state index contributed by atoms with van der Waals surface area (Å²) in [7, 11) is 3.16. The van der Waals surface area contributed by atoms with Gasteiger partial charge in [0.05, 0.1) is 14.2 Å². The second-order valence-corrected chi connectivity index (χ2v) is 3.08. The van der Waals surface area contributed by atoms with Crippen molar-refractivity contribution in [3.05, 3.63) is 17.8 Å². The maximum Gasteiger partial charge on any atom is 0.256 e. The van der Waals surface area contributed by atoms with E-state index in [4.69, 9.17) is 15.2 Å². The summed E-state index contributed by atoms with van der Waals surface area (Å²) in [5, 5.41) is 0. The normalized spacial score (nSPS) is 12.3. The minimum Gasteiger partial charge on any atom is -0.491 e. The second kappa shape index (κ2) is 4.81. The van der Waals surface area contributed by atoms with Gasteiger partial charge in [0.1, 0.15) is 0 Å². The van der Waals surface area contributed by atoms with Crippen LogP contribution in [0.4, 0.5) is 0 Å². The van der Waals surface area contributed by atoms with Crippen LogP contribution < -0.4 is 15.2 Å². The highest BCUT2D eigenvalue weighted by molar-refractivity contribution is 5.35. The summed E-state index contributed by atoms with van der Waals surface area (Å²) >= 11 is 0. The van der Waals surface area contributed by atoms with Gasteiger partial charge in [0.25, 0.3) is 5.88 Å². The smallest absolute Gasteiger partial charge is 0.256 e. The highest BCUT2D eigenvalue weighted by atomic mass is 16.5. The van der Waals surface area contributed by atoms with E-state index >= 15 is 0 Å². The number of methoxy groups -OCH3 is 2. The number of aromatic nitrogens is 1. The molecule has 4 heteroatoms. The van der Waals surface area contributed by atoms with Crippen LogP contribution in [0.15, 0.2) is 12.1 Å². The first-order valence-corrected chi connectivity index (χ1v) is 4.52. The number of hydrogen-bond donors (Lipinski definition) is 1. The highest BCUT2D eigenvalue weighted by Gasteiger charge is 2.10. The summed E-state index contributed by atoms with van der Waals surface area (Å²) in [6.45, 7) is 2.59. The Kier molecular flexibility index (Phi) is 3.71. The molecule has 0 amide bonds. The highest BCUT2D eigenvalue weighted by Crippen LogP contribution is 2.26. The van der Waals surface area contributed by atoms with Crippen molar-refractivity contribution in [3.8, 4) is 11.6 Å². The first-order valence-electron chi connectivity index (χ1n) is 4.52. The number of nitrogens with two attached hydrogens (primary N) is 1. The number of hydrogen-bond acceptors (Lipinski definition) is 4. The Morgan fingerprint density at radius 3 is 2.57 bits per heavy atom. The molecule has 14 heavy (non-hydrogen) atoms. The van der Waals surface area contributed by atoms with Crippen molar-refractivity contribution in [2.24, 2.45) is 5.73 Å². The Hall–Kier alpha value is -1.29. The lowest BCUT2D eigenvalue weighted by atomic mass is 10.1. The molecule has 0 saturated carbocycles. The molecule has 2 N–H and O–H groups in total. The minimum absolute atomic E-state index is 0.231. The maximum atomic E-state index is 5.55. The number of ether oxygens (including phenoxy) is 2. The van der Waals surface area contributed by atoms with Gasteiger partial charge in [-0.2, -0.15) is 0 Å². The van der Waals surface area contributed by atoms with E-state index in [0.29, 0.717) is 18.2 Å². The standard InChI is InChI=1S/C10H16N2O2/c1-7(6-11)8-4-5-9(13-2)10(12-8)14-3/h4-5,7H,6,11H2,1-3H3. The van der Waals surface area contributed by atoms with E-state index < -0.39 is 0 Å². The van der Waals surface area contributed by atoms with E-state index in [2.05, 4.69) is 4.98 Å². The number of rotatable bonds is 4. The molecule has 1 unspecified atom stereocenters. The van der Waals surface area contributed by atoms with E-state index in [1.54, 1.807) is 14.2 Å². The summed E-state index contributed by atoms with van der Waals surface area (Å²) in [4.78, 5) is 4.31. The third kappa shape index (κ3) is 2.14. The van der Waals surface area contributed by atoms with Crippen LogP contribution in [0, 0.1) is 0 Å². The predicted octanol–water partition coefficient (Wildman–Crippen LogP) is 1.16. The summed E-state index contributed by atoms with van der Waals surface area (Å²) in [6, 6.07) is 3.74. The molecule has 0 fully saturated rings. The first kappa shape index (κ1) is 10.8. The van der Waals surface area contributed by atoms with Crippen molar-refractivity contribution in [2.45, 2.75) is 12.8 Å². The Balaban J connectivity index is 3.01. The number of nitrogens with zero attached hydrogens (tertiary/aromatic N) is 1. The van der Waals surface area contributed by atoms with Gasteiger partial charge in [-0.3, -0.25) is 0 Å². The summed E-state index contributed by atoms with van der Waals surface area (Å²) < 4.78 is 10.2. The van der Waals surface area contributed by atoms with Gasteiger partial charge in [-0.25, -0.2) is 4.98 Å². The molecule has 0 aromatic carbocycles. The molecule has 1 aromatic rings. The van der Waals surface area contributed by atoms with Crippen LogP contribution >= 0.6 is 0 Å². The van der Waals surface area contributed by atoms with Gasteiger partial charge in [-0.1, -0.05) is 6.92 Å². The van der Waals surface area contributed by atoms with Crippen molar-refractivity contribution < 1.29 is 9.47 Å². The number of pyridine rings is 1. The average Bonchev–Trinajstić information content (AvgIpc) is 2.26. The van der Waals surface area contributed by atoms with Crippen LogP contribution in [-0.4, -0.2) is 25.7 Å². The lowest BCUT2D eigenvalue weighted by Gasteiger charge is -2.11. The zero-order valence-corrected chi connectivity index (χ0v) is 8.78. The minimum atomic E-state index is 0.231. The summed E-state index contributed by atoms with van der Waals surface area (Å²) in [6.07, 6.45) is 0. The molecular formula is C10H16N2O2. The molecule has 0 spiro atoms. The Labute approximate surface area is 84.0 Å². The fourth-order valence-electron chi connectivity index (χ4n) is 1.14.